The van der Waals surface area contributed by atoms with Gasteiger partial charge in [0.25, 0.3) is 0 Å². The number of fused-ring (bicyclic) bond motifs is 1. The summed E-state index contributed by atoms with van der Waals surface area (Å²) < 4.78 is 0. The maximum absolute atomic E-state index is 13.0. The van der Waals surface area contributed by atoms with Gasteiger partial charge in [-0.15, -0.1) is 0 Å². The summed E-state index contributed by atoms with van der Waals surface area (Å²) in [5.74, 6) is 0.957. The van der Waals surface area contributed by atoms with Crippen LogP contribution in [0.1, 0.15) is 56.1 Å². The molecule has 0 radical (unpaired) electrons. The van der Waals surface area contributed by atoms with E-state index < -0.39 is 0 Å². The second-order valence-electron chi connectivity index (χ2n) is 7.99. The second kappa shape index (κ2) is 7.27. The fraction of sp³-hybridized carbons (Fsp3) is 0.333. The van der Waals surface area contributed by atoms with E-state index in [1.54, 1.807) is 6.08 Å². The molecule has 4 nitrogen and oxygen atoms in total. The quantitative estimate of drug-likeness (QED) is 0.840. The van der Waals surface area contributed by atoms with Crippen molar-refractivity contribution in [3.05, 3.63) is 76.2 Å². The predicted molar refractivity (Wildman–Crippen MR) is 111 cm³/mol. The Balaban J connectivity index is 1.62. The van der Waals surface area contributed by atoms with Gasteiger partial charge < -0.3 is 11.5 Å². The summed E-state index contributed by atoms with van der Waals surface area (Å²) in [4.78, 5) is 25.2. The van der Waals surface area contributed by atoms with Gasteiger partial charge in [-0.2, -0.15) is 0 Å². The van der Waals surface area contributed by atoms with Gasteiger partial charge >= 0.3 is 0 Å². The van der Waals surface area contributed by atoms with Crippen molar-refractivity contribution in [1.29, 1.82) is 0 Å². The average Bonchev–Trinajstić information content (AvgIpc) is 2.72. The number of Topliss-reactive ketones (excluding diaryl/α,β-unsaturated/α-hetero) is 1. The highest BCUT2D eigenvalue weighted by Gasteiger charge is 2.33. The smallest absolute Gasteiger partial charge is 0.196 e. The van der Waals surface area contributed by atoms with Gasteiger partial charge in [0, 0.05) is 17.0 Å². The Hall–Kier alpha value is -2.88. The van der Waals surface area contributed by atoms with E-state index in [-0.39, 0.29) is 28.4 Å². The molecule has 0 heterocycles. The van der Waals surface area contributed by atoms with Gasteiger partial charge in [-0.1, -0.05) is 37.6 Å². The maximum atomic E-state index is 13.0. The van der Waals surface area contributed by atoms with E-state index in [1.165, 1.54) is 49.8 Å². The number of nitrogens with two attached hydrogens (primary N) is 2. The summed E-state index contributed by atoms with van der Waals surface area (Å²) in [5.41, 5.74) is 15.8. The molecule has 1 aromatic rings. The molecule has 3 aliphatic rings. The largest absolute Gasteiger partial charge is 0.398 e. The fourth-order valence-corrected chi connectivity index (χ4v) is 4.61. The summed E-state index contributed by atoms with van der Waals surface area (Å²) >= 11 is 0. The molecule has 28 heavy (non-hydrogen) atoms. The van der Waals surface area contributed by atoms with Gasteiger partial charge in [0.1, 0.15) is 0 Å². The zero-order valence-electron chi connectivity index (χ0n) is 16.2. The summed E-state index contributed by atoms with van der Waals surface area (Å²) in [5, 5.41) is 0. The zero-order chi connectivity index (χ0) is 19.8. The molecule has 4 heteroatoms. The average molecular weight is 374 g/mol. The molecular formula is C24H26N2O2. The van der Waals surface area contributed by atoms with Gasteiger partial charge in [0.05, 0.1) is 11.1 Å². The number of rotatable bonds is 3. The Morgan fingerprint density at radius 1 is 0.893 bits per heavy atom. The van der Waals surface area contributed by atoms with Crippen LogP contribution in [-0.4, -0.2) is 11.6 Å². The van der Waals surface area contributed by atoms with E-state index in [4.69, 9.17) is 11.5 Å². The van der Waals surface area contributed by atoms with Crippen molar-refractivity contribution >= 4 is 17.1 Å². The van der Waals surface area contributed by atoms with Gasteiger partial charge in [0.2, 0.25) is 0 Å². The Kier molecular flexibility index (Phi) is 4.80. The van der Waals surface area contributed by atoms with Crippen molar-refractivity contribution < 1.29 is 9.59 Å². The highest BCUT2D eigenvalue weighted by atomic mass is 16.1. The number of hydrogen-bond acceptors (Lipinski definition) is 4. The van der Waals surface area contributed by atoms with Crippen LogP contribution in [0.4, 0.5) is 0 Å². The van der Waals surface area contributed by atoms with Crippen LogP contribution < -0.4 is 11.5 Å². The van der Waals surface area contributed by atoms with Crippen molar-refractivity contribution in [2.75, 3.05) is 0 Å². The fourth-order valence-electron chi connectivity index (χ4n) is 4.61. The van der Waals surface area contributed by atoms with E-state index in [1.807, 2.05) is 12.1 Å². The van der Waals surface area contributed by atoms with Crippen LogP contribution in [0.15, 0.2) is 65.0 Å². The molecule has 1 aromatic carbocycles. The number of hydrogen-bond donors (Lipinski definition) is 2. The van der Waals surface area contributed by atoms with Crippen LogP contribution in [0.25, 0.3) is 5.57 Å². The molecule has 4 N–H and O–H groups in total. The van der Waals surface area contributed by atoms with Crippen molar-refractivity contribution in [2.24, 2.45) is 17.4 Å². The molecule has 0 spiro atoms. The Bertz CT molecular complexity index is 953. The molecule has 0 aliphatic heterocycles. The molecule has 0 amide bonds. The second-order valence-corrected chi connectivity index (χ2v) is 7.99. The molecule has 3 aliphatic carbocycles. The molecule has 4 rings (SSSR count). The maximum Gasteiger partial charge on any atom is 0.196 e. The molecular weight excluding hydrogens is 348 g/mol. The first-order valence-corrected chi connectivity index (χ1v) is 10.1. The van der Waals surface area contributed by atoms with E-state index in [9.17, 15) is 9.59 Å². The molecule has 144 valence electrons. The van der Waals surface area contributed by atoms with Crippen molar-refractivity contribution in [1.82, 2.24) is 0 Å². The van der Waals surface area contributed by atoms with Crippen molar-refractivity contribution in [3.63, 3.8) is 0 Å². The third kappa shape index (κ3) is 3.13. The minimum absolute atomic E-state index is 0.220. The number of carbonyl (C=O) groups is 2. The Morgan fingerprint density at radius 3 is 2.21 bits per heavy atom. The van der Waals surface area contributed by atoms with E-state index >= 15 is 0 Å². The first-order chi connectivity index (χ1) is 13.5. The summed E-state index contributed by atoms with van der Waals surface area (Å²) in [6.45, 7) is 2.28. The first-order valence-electron chi connectivity index (χ1n) is 10.1. The first kappa shape index (κ1) is 18.5. The Morgan fingerprint density at radius 2 is 1.57 bits per heavy atom. The number of carbonyl (C=O) groups excluding carboxylic acids is 2. The third-order valence-corrected chi connectivity index (χ3v) is 6.38. The minimum atomic E-state index is -0.275. The lowest BCUT2D eigenvalue weighted by Crippen LogP contribution is -2.26. The zero-order valence-corrected chi connectivity index (χ0v) is 16.2. The minimum Gasteiger partial charge on any atom is -0.398 e. The van der Waals surface area contributed by atoms with Crippen molar-refractivity contribution in [2.45, 2.75) is 44.9 Å². The number of ketones is 2. The summed E-state index contributed by atoms with van der Waals surface area (Å²) in [6.07, 6.45) is 10.8. The Labute approximate surface area is 165 Å². The van der Waals surface area contributed by atoms with Gasteiger partial charge in [0.15, 0.2) is 11.6 Å². The monoisotopic (exact) mass is 374 g/mol. The normalized spacial score (nSPS) is 25.1. The molecule has 0 bridgehead atoms. The van der Waals surface area contributed by atoms with Gasteiger partial charge in [-0.3, -0.25) is 9.59 Å². The lowest BCUT2D eigenvalue weighted by Gasteiger charge is -2.28. The molecule has 0 saturated heterocycles. The van der Waals surface area contributed by atoms with Crippen LogP contribution in [0.3, 0.4) is 0 Å². The summed E-state index contributed by atoms with van der Waals surface area (Å²) in [6, 6.07) is 8.22. The van der Waals surface area contributed by atoms with E-state index in [0.29, 0.717) is 17.2 Å². The van der Waals surface area contributed by atoms with Crippen LogP contribution in [0, 0.1) is 5.92 Å². The number of benzene rings is 1. The van der Waals surface area contributed by atoms with Crippen LogP contribution in [-0.2, 0) is 9.59 Å². The highest BCUT2D eigenvalue weighted by molar-refractivity contribution is 6.36. The lowest BCUT2D eigenvalue weighted by molar-refractivity contribution is -0.113. The molecule has 1 fully saturated rings. The van der Waals surface area contributed by atoms with Crippen LogP contribution in [0.5, 0.6) is 0 Å². The van der Waals surface area contributed by atoms with Crippen LogP contribution >= 0.6 is 0 Å². The van der Waals surface area contributed by atoms with E-state index in [0.717, 1.165) is 11.5 Å². The van der Waals surface area contributed by atoms with Gasteiger partial charge in [-0.05, 0) is 66.9 Å². The third-order valence-electron chi connectivity index (χ3n) is 6.38. The SMILES string of the molecule is CC[C@H]1CC[C@H](c2ccc(C3=CC(N)=C4C(=O)C=CC(N)=C4C3=O)cc2)CC1. The van der Waals surface area contributed by atoms with Gasteiger partial charge in [-0.25, -0.2) is 0 Å². The summed E-state index contributed by atoms with van der Waals surface area (Å²) in [7, 11) is 0. The molecule has 0 atom stereocenters. The number of allylic oxidation sites excluding steroid dienone is 6. The van der Waals surface area contributed by atoms with E-state index in [2.05, 4.69) is 19.1 Å². The highest BCUT2D eigenvalue weighted by Crippen LogP contribution is 2.38. The lowest BCUT2D eigenvalue weighted by atomic mass is 9.77. The van der Waals surface area contributed by atoms with Crippen molar-refractivity contribution in [3.8, 4) is 0 Å². The molecule has 0 unspecified atom stereocenters. The van der Waals surface area contributed by atoms with Crippen LogP contribution in [0.2, 0.25) is 0 Å². The standard InChI is InChI=1S/C24H26N2O2/c1-2-14-3-5-15(6-4-14)16-7-9-17(10-8-16)18-13-20(26)22-21(27)12-11-19(25)23(22)24(18)28/h7-15H,2-6,25-26H2,1H3/t14-,15-. The topological polar surface area (TPSA) is 86.2 Å². The predicted octanol–water partition coefficient (Wildman–Crippen LogP) is 3.90. The molecule has 1 saturated carbocycles. The molecule has 0 aromatic heterocycles.